The number of para-hydroxylation sites is 1. The van der Waals surface area contributed by atoms with Crippen molar-refractivity contribution in [1.82, 2.24) is 5.32 Å². The molecule has 0 saturated heterocycles. The van der Waals surface area contributed by atoms with E-state index >= 15 is 0 Å². The Morgan fingerprint density at radius 1 is 1.24 bits per heavy atom. The topological polar surface area (TPSA) is 75.6 Å². The third-order valence-electron chi connectivity index (χ3n) is 3.97. The van der Waals surface area contributed by atoms with E-state index < -0.39 is 11.4 Å². The molecule has 0 saturated carbocycles. The van der Waals surface area contributed by atoms with Crippen molar-refractivity contribution in [2.45, 2.75) is 39.7 Å². The normalized spacial score (nSPS) is 11.0. The molecule has 0 radical (unpaired) electrons. The number of aliphatic carboxylic acids is 1. The molecule has 2 N–H and O–H groups in total. The Bertz CT molecular complexity index is 495. The molecule has 1 rings (SSSR count). The molecule has 116 valence electrons. The number of rotatable bonds is 8. The Morgan fingerprint density at radius 2 is 1.86 bits per heavy atom. The summed E-state index contributed by atoms with van der Waals surface area (Å²) in [7, 11) is 1.57. The molecule has 1 aromatic rings. The number of amides is 1. The molecular formula is C16H23NO4. The van der Waals surface area contributed by atoms with Crippen LogP contribution in [-0.4, -0.2) is 24.1 Å². The van der Waals surface area contributed by atoms with E-state index in [9.17, 15) is 14.7 Å². The van der Waals surface area contributed by atoms with Crippen LogP contribution in [0.4, 0.5) is 0 Å². The van der Waals surface area contributed by atoms with Crippen molar-refractivity contribution in [2.24, 2.45) is 5.41 Å². The van der Waals surface area contributed by atoms with Crippen molar-refractivity contribution < 1.29 is 19.4 Å². The third-order valence-corrected chi connectivity index (χ3v) is 3.97. The minimum absolute atomic E-state index is 0.00944. The first kappa shape index (κ1) is 17.0. The Balaban J connectivity index is 2.67. The van der Waals surface area contributed by atoms with E-state index in [0.717, 1.165) is 5.56 Å². The van der Waals surface area contributed by atoms with E-state index in [2.05, 4.69) is 5.32 Å². The van der Waals surface area contributed by atoms with E-state index in [1.165, 1.54) is 0 Å². The Labute approximate surface area is 125 Å². The van der Waals surface area contributed by atoms with Gasteiger partial charge in [0.05, 0.1) is 12.5 Å². The van der Waals surface area contributed by atoms with Gasteiger partial charge in [-0.2, -0.15) is 0 Å². The van der Waals surface area contributed by atoms with Gasteiger partial charge in [-0.25, -0.2) is 0 Å². The Morgan fingerprint density at radius 3 is 2.38 bits per heavy atom. The molecule has 0 atom stereocenters. The molecule has 21 heavy (non-hydrogen) atoms. The van der Waals surface area contributed by atoms with Gasteiger partial charge in [0.15, 0.2) is 0 Å². The van der Waals surface area contributed by atoms with Crippen LogP contribution in [0.1, 0.15) is 38.7 Å². The molecule has 5 heteroatoms. The SMILES string of the molecule is CCC(CC)(CC(=O)NCc1ccccc1OC)C(=O)O. The zero-order chi connectivity index (χ0) is 15.9. The van der Waals surface area contributed by atoms with E-state index in [1.807, 2.05) is 24.3 Å². The number of benzene rings is 1. The highest BCUT2D eigenvalue weighted by atomic mass is 16.5. The van der Waals surface area contributed by atoms with Gasteiger partial charge in [-0.1, -0.05) is 32.0 Å². The molecular weight excluding hydrogens is 270 g/mol. The zero-order valence-corrected chi connectivity index (χ0v) is 12.8. The monoisotopic (exact) mass is 293 g/mol. The first-order valence-corrected chi connectivity index (χ1v) is 7.11. The van der Waals surface area contributed by atoms with Gasteiger partial charge in [0.1, 0.15) is 5.75 Å². The summed E-state index contributed by atoms with van der Waals surface area (Å²) >= 11 is 0. The fourth-order valence-corrected chi connectivity index (χ4v) is 2.29. The number of methoxy groups -OCH3 is 1. The van der Waals surface area contributed by atoms with Crippen LogP contribution in [0.5, 0.6) is 5.75 Å². The second kappa shape index (κ2) is 7.67. The maximum Gasteiger partial charge on any atom is 0.310 e. The molecule has 0 heterocycles. The van der Waals surface area contributed by atoms with Gasteiger partial charge in [-0.05, 0) is 18.9 Å². The van der Waals surface area contributed by atoms with E-state index in [4.69, 9.17) is 4.74 Å². The van der Waals surface area contributed by atoms with E-state index in [1.54, 1.807) is 21.0 Å². The Hall–Kier alpha value is -2.04. The summed E-state index contributed by atoms with van der Waals surface area (Å²) in [5, 5.41) is 12.1. The van der Waals surface area contributed by atoms with Crippen molar-refractivity contribution in [1.29, 1.82) is 0 Å². The molecule has 0 unspecified atom stereocenters. The molecule has 1 aromatic carbocycles. The van der Waals surface area contributed by atoms with Gasteiger partial charge in [-0.15, -0.1) is 0 Å². The average molecular weight is 293 g/mol. The smallest absolute Gasteiger partial charge is 0.310 e. The molecule has 0 aromatic heterocycles. The highest BCUT2D eigenvalue weighted by Gasteiger charge is 2.37. The Kier molecular flexibility index (Phi) is 6.21. The molecule has 0 bridgehead atoms. The lowest BCUT2D eigenvalue weighted by atomic mass is 9.79. The highest BCUT2D eigenvalue weighted by Crippen LogP contribution is 2.31. The number of hydrogen-bond donors (Lipinski definition) is 2. The van der Waals surface area contributed by atoms with Crippen molar-refractivity contribution in [3.63, 3.8) is 0 Å². The predicted molar refractivity (Wildman–Crippen MR) is 80.1 cm³/mol. The number of nitrogens with one attached hydrogen (secondary N) is 1. The van der Waals surface area contributed by atoms with Gasteiger partial charge in [0, 0.05) is 18.5 Å². The van der Waals surface area contributed by atoms with Crippen molar-refractivity contribution in [3.8, 4) is 5.75 Å². The number of carboxylic acids is 1. The lowest BCUT2D eigenvalue weighted by molar-refractivity contribution is -0.152. The minimum atomic E-state index is -0.981. The van der Waals surface area contributed by atoms with Gasteiger partial charge in [-0.3, -0.25) is 9.59 Å². The largest absolute Gasteiger partial charge is 0.496 e. The fourth-order valence-electron chi connectivity index (χ4n) is 2.29. The molecule has 0 aliphatic rings. The van der Waals surface area contributed by atoms with Crippen LogP contribution in [0.15, 0.2) is 24.3 Å². The number of ether oxygens (including phenoxy) is 1. The van der Waals surface area contributed by atoms with Crippen LogP contribution < -0.4 is 10.1 Å². The lowest BCUT2D eigenvalue weighted by Gasteiger charge is -2.25. The maximum absolute atomic E-state index is 12.0. The third kappa shape index (κ3) is 4.21. The summed E-state index contributed by atoms with van der Waals surface area (Å²) in [6.07, 6.45) is 0.853. The van der Waals surface area contributed by atoms with Crippen molar-refractivity contribution >= 4 is 11.9 Å². The number of carbonyl (C=O) groups is 2. The van der Waals surface area contributed by atoms with Crippen LogP contribution >= 0.6 is 0 Å². The van der Waals surface area contributed by atoms with Gasteiger partial charge < -0.3 is 15.2 Å². The van der Waals surface area contributed by atoms with Gasteiger partial charge in [0.2, 0.25) is 5.91 Å². The molecule has 0 fully saturated rings. The molecule has 5 nitrogen and oxygen atoms in total. The van der Waals surface area contributed by atoms with Crippen molar-refractivity contribution in [2.75, 3.05) is 7.11 Å². The summed E-state index contributed by atoms with van der Waals surface area (Å²) in [5.41, 5.74) is -0.118. The second-order valence-electron chi connectivity index (χ2n) is 5.06. The molecule has 0 aliphatic heterocycles. The number of carbonyl (C=O) groups excluding carboxylic acids is 1. The summed E-state index contributed by atoms with van der Waals surface area (Å²) in [5.74, 6) is -0.472. The van der Waals surface area contributed by atoms with Crippen LogP contribution in [0.3, 0.4) is 0 Å². The van der Waals surface area contributed by atoms with Crippen LogP contribution in [0.2, 0.25) is 0 Å². The number of hydrogen-bond acceptors (Lipinski definition) is 3. The first-order chi connectivity index (χ1) is 9.99. The average Bonchev–Trinajstić information content (AvgIpc) is 2.50. The summed E-state index contributed by atoms with van der Waals surface area (Å²) in [6, 6.07) is 7.40. The van der Waals surface area contributed by atoms with Gasteiger partial charge >= 0.3 is 5.97 Å². The lowest BCUT2D eigenvalue weighted by Crippen LogP contribution is -2.36. The quantitative estimate of drug-likeness (QED) is 0.772. The molecule has 0 spiro atoms. The van der Waals surface area contributed by atoms with E-state index in [-0.39, 0.29) is 12.3 Å². The maximum atomic E-state index is 12.0. The van der Waals surface area contributed by atoms with E-state index in [0.29, 0.717) is 25.1 Å². The van der Waals surface area contributed by atoms with Crippen LogP contribution in [0.25, 0.3) is 0 Å². The first-order valence-electron chi connectivity index (χ1n) is 7.11. The summed E-state index contributed by atoms with van der Waals surface area (Å²) in [6.45, 7) is 3.92. The van der Waals surface area contributed by atoms with Gasteiger partial charge in [0.25, 0.3) is 0 Å². The summed E-state index contributed by atoms with van der Waals surface area (Å²) < 4.78 is 5.21. The predicted octanol–water partition coefficient (Wildman–Crippen LogP) is 2.59. The van der Waals surface area contributed by atoms with Crippen LogP contribution in [-0.2, 0) is 16.1 Å². The summed E-state index contributed by atoms with van der Waals surface area (Å²) in [4.78, 5) is 23.4. The standard InChI is InChI=1S/C16H23NO4/c1-4-16(5-2,15(19)20)10-14(18)17-11-12-8-6-7-9-13(12)21-3/h6-9H,4-5,10-11H2,1-3H3,(H,17,18)(H,19,20). The second-order valence-corrected chi connectivity index (χ2v) is 5.06. The molecule has 0 aliphatic carbocycles. The number of carboxylic acid groups (broad SMARTS) is 1. The molecule has 1 amide bonds. The minimum Gasteiger partial charge on any atom is -0.496 e. The fraction of sp³-hybridized carbons (Fsp3) is 0.500. The highest BCUT2D eigenvalue weighted by molar-refractivity contribution is 5.84. The van der Waals surface area contributed by atoms with Crippen molar-refractivity contribution in [3.05, 3.63) is 29.8 Å². The zero-order valence-electron chi connectivity index (χ0n) is 12.8. The van der Waals surface area contributed by atoms with Crippen LogP contribution in [0, 0.1) is 5.41 Å².